The van der Waals surface area contributed by atoms with E-state index in [0.29, 0.717) is 5.31 Å². The minimum Gasteiger partial charge on any atom is -0.465 e. The molecule has 0 aromatic heterocycles. The summed E-state index contributed by atoms with van der Waals surface area (Å²) in [7, 11) is 1.46. The Morgan fingerprint density at radius 2 is 1.70 bits per heavy atom. The second-order valence-corrected chi connectivity index (χ2v) is 6.40. The van der Waals surface area contributed by atoms with Crippen LogP contribution in [0.2, 0.25) is 0 Å². The first-order chi connectivity index (χ1) is 9.66. The molecule has 1 heterocycles. The zero-order chi connectivity index (χ0) is 14.6. The molecule has 0 N–H and O–H groups in total. The van der Waals surface area contributed by atoms with Gasteiger partial charge in [-0.3, -0.25) is 0 Å². The van der Waals surface area contributed by atoms with Gasteiger partial charge in [0.05, 0.1) is 12.8 Å². The Kier molecular flexibility index (Phi) is 4.55. The van der Waals surface area contributed by atoms with Crippen molar-refractivity contribution in [2.45, 2.75) is 0 Å². The van der Waals surface area contributed by atoms with Crippen molar-refractivity contribution in [3.05, 3.63) is 53.4 Å². The van der Waals surface area contributed by atoms with Gasteiger partial charge in [0.15, 0.2) is 0 Å². The monoisotopic (exact) mass is 293 g/mol. The van der Waals surface area contributed by atoms with Crippen molar-refractivity contribution in [1.29, 1.82) is 0 Å². The van der Waals surface area contributed by atoms with Crippen LogP contribution in [0.3, 0.4) is 0 Å². The fourth-order valence-corrected chi connectivity index (χ4v) is 3.75. The van der Waals surface area contributed by atoms with Crippen molar-refractivity contribution in [2.75, 3.05) is 21.3 Å². The summed E-state index contributed by atoms with van der Waals surface area (Å²) in [5.74, 6) is -0.492. The summed E-state index contributed by atoms with van der Waals surface area (Å²) in [6.07, 6.45) is 3.42. The van der Waals surface area contributed by atoms with Gasteiger partial charge in [-0.2, -0.15) is 0 Å². The van der Waals surface area contributed by atoms with Crippen molar-refractivity contribution in [2.24, 2.45) is 4.74 Å². The van der Waals surface area contributed by atoms with E-state index in [1.807, 2.05) is 30.3 Å². The van der Waals surface area contributed by atoms with Crippen molar-refractivity contribution >= 4 is 19.2 Å². The van der Waals surface area contributed by atoms with Crippen LogP contribution in [0.4, 0.5) is 0 Å². The topological polar surface area (TPSA) is 57.1 Å². The molecule has 0 saturated heterocycles. The number of nitrogens with zero attached hydrogens (tertiary/aromatic N) is 1. The Morgan fingerprint density at radius 1 is 1.05 bits per heavy atom. The van der Waals surface area contributed by atoms with E-state index >= 15 is 0 Å². The van der Waals surface area contributed by atoms with Crippen LogP contribution in [-0.4, -0.2) is 27.3 Å². The van der Waals surface area contributed by atoms with Crippen molar-refractivity contribution in [1.82, 2.24) is 0 Å². The quantitative estimate of drug-likeness (QED) is 0.630. The van der Waals surface area contributed by atoms with Crippen molar-refractivity contribution < 1.29 is 18.6 Å². The lowest BCUT2D eigenvalue weighted by atomic mass is 10.1. The van der Waals surface area contributed by atoms with Gasteiger partial charge in [-0.15, -0.1) is 0 Å². The highest BCUT2D eigenvalue weighted by Gasteiger charge is 2.33. The molecule has 0 aliphatic carbocycles. The van der Waals surface area contributed by atoms with E-state index in [4.69, 9.17) is 13.8 Å². The van der Waals surface area contributed by atoms with Crippen LogP contribution < -0.4 is 0 Å². The largest absolute Gasteiger partial charge is 0.465 e. The normalized spacial score (nSPS) is 16.8. The number of methoxy groups -OCH3 is 1. The average molecular weight is 293 g/mol. The van der Waals surface area contributed by atoms with Crippen LogP contribution in [0.1, 0.15) is 5.56 Å². The van der Waals surface area contributed by atoms with Gasteiger partial charge in [-0.05, 0) is 12.2 Å². The molecule has 0 bridgehead atoms. The summed E-state index contributed by atoms with van der Waals surface area (Å²) < 4.78 is 20.1. The lowest BCUT2D eigenvalue weighted by Gasteiger charge is -2.24. The Balaban J connectivity index is 2.55. The maximum atomic E-state index is 11.8. The third kappa shape index (κ3) is 2.61. The van der Waals surface area contributed by atoms with Gasteiger partial charge in [0.25, 0.3) is 7.51 Å². The molecule has 1 aliphatic heterocycles. The average Bonchev–Trinajstić information content (AvgIpc) is 2.54. The maximum absolute atomic E-state index is 11.8. The Labute approximate surface area is 118 Å². The second-order valence-electron chi connectivity index (χ2n) is 3.95. The van der Waals surface area contributed by atoms with Gasteiger partial charge in [0, 0.05) is 19.8 Å². The number of carbonyl (C=O) groups is 1. The summed E-state index contributed by atoms with van der Waals surface area (Å²) >= 11 is 0. The number of carbonyl (C=O) groups excluding carboxylic acids is 1. The molecule has 1 aromatic carbocycles. The molecule has 106 valence electrons. The summed E-state index contributed by atoms with van der Waals surface area (Å²) in [5, 5.41) is 0.310. The summed E-state index contributed by atoms with van der Waals surface area (Å²) in [6.45, 7) is 0. The molecule has 0 saturated carbocycles. The molecule has 6 heteroatoms. The van der Waals surface area contributed by atoms with Crippen LogP contribution in [0.15, 0.2) is 52.5 Å². The number of ether oxygens (including phenoxy) is 1. The van der Waals surface area contributed by atoms with Crippen LogP contribution in [-0.2, 0) is 18.6 Å². The van der Waals surface area contributed by atoms with Gasteiger partial charge in [-0.25, -0.2) is 9.54 Å². The molecule has 0 fully saturated rings. The lowest BCUT2D eigenvalue weighted by Crippen LogP contribution is -2.09. The smallest absolute Gasteiger partial charge is 0.344 e. The van der Waals surface area contributed by atoms with E-state index in [1.54, 1.807) is 12.2 Å². The molecule has 0 atom stereocenters. The highest BCUT2D eigenvalue weighted by molar-refractivity contribution is 7.62. The highest BCUT2D eigenvalue weighted by Crippen LogP contribution is 2.61. The standard InChI is InChI=1S/C14H16NO4P/c1-17-14(16)13-10-9-12(11-7-5-4-6-8-11)15-20(13,18-2)19-3/h4-10H,1-3H3. The predicted octanol–water partition coefficient (Wildman–Crippen LogP) is 3.42. The maximum Gasteiger partial charge on any atom is 0.344 e. The zero-order valence-electron chi connectivity index (χ0n) is 11.6. The first-order valence-electron chi connectivity index (χ1n) is 5.97. The zero-order valence-corrected chi connectivity index (χ0v) is 12.5. The fourth-order valence-electron chi connectivity index (χ4n) is 1.88. The number of allylic oxidation sites excluding steroid dienone is 2. The molecule has 2 rings (SSSR count). The molecule has 20 heavy (non-hydrogen) atoms. The van der Waals surface area contributed by atoms with E-state index < -0.39 is 13.5 Å². The minimum atomic E-state index is -2.81. The Morgan fingerprint density at radius 3 is 2.25 bits per heavy atom. The Hall–Kier alpha value is -1.68. The number of hydrogen-bond acceptors (Lipinski definition) is 5. The van der Waals surface area contributed by atoms with Crippen LogP contribution in [0.5, 0.6) is 0 Å². The van der Waals surface area contributed by atoms with Gasteiger partial charge in [0.1, 0.15) is 5.31 Å². The van der Waals surface area contributed by atoms with Crippen LogP contribution in [0.25, 0.3) is 5.70 Å². The molecule has 0 spiro atoms. The molecule has 5 nitrogen and oxygen atoms in total. The summed E-state index contributed by atoms with van der Waals surface area (Å²) in [6, 6.07) is 9.65. The minimum absolute atomic E-state index is 0.310. The van der Waals surface area contributed by atoms with Gasteiger partial charge >= 0.3 is 5.97 Å². The molecular weight excluding hydrogens is 277 g/mol. The third-order valence-electron chi connectivity index (χ3n) is 2.90. The fraction of sp³-hybridized carbons (Fsp3) is 0.214. The molecule has 1 aromatic rings. The molecule has 0 unspecified atom stereocenters. The lowest BCUT2D eigenvalue weighted by molar-refractivity contribution is -0.135. The molecule has 0 radical (unpaired) electrons. The summed E-state index contributed by atoms with van der Waals surface area (Å²) in [4.78, 5) is 11.8. The van der Waals surface area contributed by atoms with Crippen LogP contribution in [0, 0.1) is 0 Å². The molecule has 0 amide bonds. The molecular formula is C14H16NO4P. The van der Waals surface area contributed by atoms with Gasteiger partial charge in [-0.1, -0.05) is 30.3 Å². The highest BCUT2D eigenvalue weighted by atomic mass is 31.2. The number of esters is 1. The van der Waals surface area contributed by atoms with Crippen molar-refractivity contribution in [3.63, 3.8) is 0 Å². The van der Waals surface area contributed by atoms with Crippen molar-refractivity contribution in [3.8, 4) is 0 Å². The van der Waals surface area contributed by atoms with Crippen LogP contribution >= 0.6 is 7.51 Å². The third-order valence-corrected chi connectivity index (χ3v) is 5.31. The first-order valence-corrected chi connectivity index (χ1v) is 7.54. The van der Waals surface area contributed by atoms with E-state index in [-0.39, 0.29) is 0 Å². The van der Waals surface area contributed by atoms with Gasteiger partial charge < -0.3 is 13.8 Å². The van der Waals surface area contributed by atoms with E-state index in [1.165, 1.54) is 21.3 Å². The number of hydrogen-bond donors (Lipinski definition) is 0. The van der Waals surface area contributed by atoms with E-state index in [9.17, 15) is 4.79 Å². The van der Waals surface area contributed by atoms with Gasteiger partial charge in [0.2, 0.25) is 0 Å². The summed E-state index contributed by atoms with van der Waals surface area (Å²) in [5.41, 5.74) is 1.65. The SMILES string of the molecule is COC(=O)C1=CC=C(c2ccccc2)N=P1(OC)OC. The molecule has 1 aliphatic rings. The second kappa shape index (κ2) is 6.18. The predicted molar refractivity (Wildman–Crippen MR) is 77.9 cm³/mol. The Bertz CT molecular complexity index is 611. The first kappa shape index (κ1) is 14.7. The van der Waals surface area contributed by atoms with E-state index in [0.717, 1.165) is 11.3 Å². The van der Waals surface area contributed by atoms with E-state index in [2.05, 4.69) is 4.74 Å². The number of rotatable bonds is 4. The number of benzene rings is 1.